The predicted octanol–water partition coefficient (Wildman–Crippen LogP) is 3.50. The van der Waals surface area contributed by atoms with Gasteiger partial charge in [-0.2, -0.15) is 0 Å². The van der Waals surface area contributed by atoms with Gasteiger partial charge in [0.1, 0.15) is 0 Å². The Morgan fingerprint density at radius 1 is 0.870 bits per heavy atom. The first-order valence-electron chi connectivity index (χ1n) is 8.09. The highest BCUT2D eigenvalue weighted by Crippen LogP contribution is 2.25. The van der Waals surface area contributed by atoms with E-state index in [-0.39, 0.29) is 0 Å². The quantitative estimate of drug-likeness (QED) is 0.802. The van der Waals surface area contributed by atoms with Gasteiger partial charge in [0.2, 0.25) is 0 Å². The Hall–Kier alpha value is -2.53. The van der Waals surface area contributed by atoms with Crippen molar-refractivity contribution in [3.05, 3.63) is 48.8 Å². The van der Waals surface area contributed by atoms with Crippen molar-refractivity contribution in [2.75, 3.05) is 18.5 Å². The minimum absolute atomic E-state index is 0.727. The first kappa shape index (κ1) is 14.1. The SMILES string of the molecule is c1ccc2c(NN3CCCCC3)nc(-c3ccncc3)nc2c1. The third-order valence-electron chi connectivity index (χ3n) is 4.16. The summed E-state index contributed by atoms with van der Waals surface area (Å²) in [5.74, 6) is 1.61. The minimum Gasteiger partial charge on any atom is -0.302 e. The third-order valence-corrected chi connectivity index (χ3v) is 4.16. The molecule has 1 fully saturated rings. The molecule has 3 heterocycles. The van der Waals surface area contributed by atoms with Crippen LogP contribution in [-0.4, -0.2) is 33.1 Å². The summed E-state index contributed by atoms with van der Waals surface area (Å²) in [7, 11) is 0. The molecule has 1 aromatic carbocycles. The second-order valence-electron chi connectivity index (χ2n) is 5.81. The number of piperidine rings is 1. The van der Waals surface area contributed by atoms with Gasteiger partial charge in [0, 0.05) is 36.4 Å². The van der Waals surface area contributed by atoms with Crippen molar-refractivity contribution >= 4 is 16.7 Å². The van der Waals surface area contributed by atoms with Gasteiger partial charge in [0.25, 0.3) is 0 Å². The molecule has 3 aromatic rings. The van der Waals surface area contributed by atoms with E-state index in [0.29, 0.717) is 0 Å². The van der Waals surface area contributed by atoms with Crippen LogP contribution >= 0.6 is 0 Å². The largest absolute Gasteiger partial charge is 0.302 e. The first-order chi connectivity index (χ1) is 11.4. The minimum atomic E-state index is 0.727. The summed E-state index contributed by atoms with van der Waals surface area (Å²) in [6.45, 7) is 2.12. The molecule has 0 aliphatic carbocycles. The first-order valence-corrected chi connectivity index (χ1v) is 8.09. The van der Waals surface area contributed by atoms with Crippen LogP contribution < -0.4 is 5.43 Å². The maximum Gasteiger partial charge on any atom is 0.162 e. The summed E-state index contributed by atoms with van der Waals surface area (Å²) >= 11 is 0. The van der Waals surface area contributed by atoms with Crippen molar-refractivity contribution in [2.45, 2.75) is 19.3 Å². The van der Waals surface area contributed by atoms with Crippen LogP contribution in [0.4, 0.5) is 5.82 Å². The number of hydrazine groups is 1. The lowest BCUT2D eigenvalue weighted by Crippen LogP contribution is -2.35. The average molecular weight is 305 g/mol. The van der Waals surface area contributed by atoms with E-state index in [1.54, 1.807) is 12.4 Å². The van der Waals surface area contributed by atoms with Gasteiger partial charge in [-0.15, -0.1) is 0 Å². The molecule has 1 aliphatic heterocycles. The summed E-state index contributed by atoms with van der Waals surface area (Å²) in [6, 6.07) is 12.0. The van der Waals surface area contributed by atoms with Crippen LogP contribution in [0, 0.1) is 0 Å². The Morgan fingerprint density at radius 2 is 1.65 bits per heavy atom. The Morgan fingerprint density at radius 3 is 2.48 bits per heavy atom. The van der Waals surface area contributed by atoms with Crippen LogP contribution in [0.2, 0.25) is 0 Å². The van der Waals surface area contributed by atoms with Crippen LogP contribution in [-0.2, 0) is 0 Å². The van der Waals surface area contributed by atoms with Crippen molar-refractivity contribution in [3.8, 4) is 11.4 Å². The number of para-hydroxylation sites is 1. The van der Waals surface area contributed by atoms with Crippen molar-refractivity contribution in [1.29, 1.82) is 0 Å². The van der Waals surface area contributed by atoms with Crippen LogP contribution in [0.15, 0.2) is 48.8 Å². The zero-order valence-corrected chi connectivity index (χ0v) is 12.9. The molecule has 4 rings (SSSR count). The van der Waals surface area contributed by atoms with Gasteiger partial charge in [0.05, 0.1) is 5.52 Å². The number of pyridine rings is 1. The van der Waals surface area contributed by atoms with Gasteiger partial charge in [-0.3, -0.25) is 4.98 Å². The van der Waals surface area contributed by atoms with Gasteiger partial charge in [-0.1, -0.05) is 18.6 Å². The van der Waals surface area contributed by atoms with E-state index in [4.69, 9.17) is 9.97 Å². The number of aromatic nitrogens is 3. The van der Waals surface area contributed by atoms with E-state index in [9.17, 15) is 0 Å². The normalized spacial score (nSPS) is 15.7. The third kappa shape index (κ3) is 3.00. The molecule has 23 heavy (non-hydrogen) atoms. The number of hydrogen-bond acceptors (Lipinski definition) is 5. The van der Waals surface area contributed by atoms with E-state index >= 15 is 0 Å². The number of anilines is 1. The lowest BCUT2D eigenvalue weighted by Gasteiger charge is -2.27. The fourth-order valence-corrected chi connectivity index (χ4v) is 2.95. The number of benzene rings is 1. The zero-order chi connectivity index (χ0) is 15.5. The van der Waals surface area contributed by atoms with Crippen molar-refractivity contribution in [3.63, 3.8) is 0 Å². The van der Waals surface area contributed by atoms with Crippen LogP contribution in [0.3, 0.4) is 0 Å². The molecular weight excluding hydrogens is 286 g/mol. The topological polar surface area (TPSA) is 53.9 Å². The summed E-state index contributed by atoms with van der Waals surface area (Å²) in [4.78, 5) is 13.5. The summed E-state index contributed by atoms with van der Waals surface area (Å²) < 4.78 is 0. The fourth-order valence-electron chi connectivity index (χ4n) is 2.95. The van der Waals surface area contributed by atoms with Gasteiger partial charge >= 0.3 is 0 Å². The number of rotatable bonds is 3. The monoisotopic (exact) mass is 305 g/mol. The highest BCUT2D eigenvalue weighted by molar-refractivity contribution is 5.90. The standard InChI is InChI=1S/C18H19N5/c1-4-12-23(13-5-1)22-18-15-6-2-3-7-16(15)20-17(21-18)14-8-10-19-11-9-14/h2-3,6-11H,1,4-5,12-13H2,(H,20,21,22). The molecule has 1 N–H and O–H groups in total. The molecule has 0 saturated carbocycles. The van der Waals surface area contributed by atoms with E-state index < -0.39 is 0 Å². The summed E-state index contributed by atoms with van der Waals surface area (Å²) in [6.07, 6.45) is 7.31. The van der Waals surface area contributed by atoms with Crippen molar-refractivity contribution in [1.82, 2.24) is 20.0 Å². The number of hydrogen-bond donors (Lipinski definition) is 1. The van der Waals surface area contributed by atoms with Gasteiger partial charge in [0.15, 0.2) is 11.6 Å². The summed E-state index contributed by atoms with van der Waals surface area (Å²) in [5, 5.41) is 3.31. The van der Waals surface area contributed by atoms with Crippen molar-refractivity contribution < 1.29 is 0 Å². The van der Waals surface area contributed by atoms with Gasteiger partial charge in [-0.05, 0) is 37.1 Å². The average Bonchev–Trinajstić information content (AvgIpc) is 2.63. The summed E-state index contributed by atoms with van der Waals surface area (Å²) in [5.41, 5.74) is 5.43. The molecule has 116 valence electrons. The highest BCUT2D eigenvalue weighted by Gasteiger charge is 2.14. The van der Waals surface area contributed by atoms with E-state index in [0.717, 1.165) is 41.2 Å². The molecule has 1 saturated heterocycles. The van der Waals surface area contributed by atoms with E-state index in [1.807, 2.05) is 30.3 Å². The lowest BCUT2D eigenvalue weighted by atomic mass is 10.1. The number of fused-ring (bicyclic) bond motifs is 1. The fraction of sp³-hybridized carbons (Fsp3) is 0.278. The zero-order valence-electron chi connectivity index (χ0n) is 12.9. The highest BCUT2D eigenvalue weighted by atomic mass is 15.5. The molecule has 5 nitrogen and oxygen atoms in total. The van der Waals surface area contributed by atoms with Gasteiger partial charge in [-0.25, -0.2) is 15.0 Å². The van der Waals surface area contributed by atoms with E-state index in [1.165, 1.54) is 19.3 Å². The second kappa shape index (κ2) is 6.30. The molecule has 5 heteroatoms. The Kier molecular flexibility index (Phi) is 3.86. The smallest absolute Gasteiger partial charge is 0.162 e. The number of nitrogens with one attached hydrogen (secondary N) is 1. The molecule has 0 amide bonds. The molecule has 0 spiro atoms. The molecule has 0 unspecified atom stereocenters. The van der Waals surface area contributed by atoms with Crippen molar-refractivity contribution in [2.24, 2.45) is 0 Å². The maximum absolute atomic E-state index is 4.77. The molecule has 0 atom stereocenters. The Labute approximate surface area is 135 Å². The Balaban J connectivity index is 1.77. The van der Waals surface area contributed by atoms with Crippen LogP contribution in [0.5, 0.6) is 0 Å². The van der Waals surface area contributed by atoms with Gasteiger partial charge < -0.3 is 5.43 Å². The molecule has 0 radical (unpaired) electrons. The van der Waals surface area contributed by atoms with Crippen LogP contribution in [0.25, 0.3) is 22.3 Å². The predicted molar refractivity (Wildman–Crippen MR) is 91.8 cm³/mol. The van der Waals surface area contributed by atoms with Crippen LogP contribution in [0.1, 0.15) is 19.3 Å². The molecule has 1 aliphatic rings. The second-order valence-corrected chi connectivity index (χ2v) is 5.81. The van der Waals surface area contributed by atoms with E-state index in [2.05, 4.69) is 21.5 Å². The molecule has 2 aromatic heterocycles. The maximum atomic E-state index is 4.77. The molecule has 0 bridgehead atoms. The molecular formula is C18H19N5. The lowest BCUT2D eigenvalue weighted by molar-refractivity contribution is 0.272. The number of nitrogens with zero attached hydrogens (tertiary/aromatic N) is 4. The Bertz CT molecular complexity index is 797.